The molecule has 150 valence electrons. The molecule has 0 heterocycles. The first kappa shape index (κ1) is 26.9. The van der Waals surface area contributed by atoms with E-state index in [4.69, 9.17) is 0 Å². The third-order valence-electron chi connectivity index (χ3n) is 4.21. The van der Waals surface area contributed by atoms with Crippen LogP contribution in [-0.2, 0) is 24.7 Å². The molecule has 0 bridgehead atoms. The van der Waals surface area contributed by atoms with Crippen LogP contribution in [0, 0.1) is 0 Å². The first-order valence-corrected chi connectivity index (χ1v) is 12.6. The molecular weight excluding hydrogens is 399 g/mol. The second-order valence-electron chi connectivity index (χ2n) is 6.44. The third kappa shape index (κ3) is 10.9. The Bertz CT molecular complexity index is 732. The van der Waals surface area contributed by atoms with Gasteiger partial charge in [0.15, 0.2) is 0 Å². The SMILES string of the molecule is CCCCCCCCCCCCc1ccccc1OS(=O)(=O)S(=O)(=O)[O-].[Na+]. The summed E-state index contributed by atoms with van der Waals surface area (Å²) in [4.78, 5) is 0. The van der Waals surface area contributed by atoms with Crippen molar-refractivity contribution < 1.29 is 55.1 Å². The molecule has 0 saturated heterocycles. The maximum Gasteiger partial charge on any atom is 1.00 e. The van der Waals surface area contributed by atoms with Crippen LogP contribution in [0.5, 0.6) is 5.75 Å². The van der Waals surface area contributed by atoms with Gasteiger partial charge in [0.1, 0.15) is 5.75 Å². The van der Waals surface area contributed by atoms with E-state index in [1.165, 1.54) is 57.1 Å². The number of hydrogen-bond acceptors (Lipinski definition) is 6. The average molecular weight is 429 g/mol. The molecule has 0 saturated carbocycles. The van der Waals surface area contributed by atoms with Crippen LogP contribution >= 0.6 is 0 Å². The zero-order valence-electron chi connectivity index (χ0n) is 16.4. The minimum absolute atomic E-state index is 0. The minimum atomic E-state index is -5.56. The van der Waals surface area contributed by atoms with Gasteiger partial charge in [0.05, 0.1) is 0 Å². The van der Waals surface area contributed by atoms with E-state index in [9.17, 15) is 21.4 Å². The van der Waals surface area contributed by atoms with Gasteiger partial charge in [-0.15, -0.1) is 0 Å². The molecule has 0 amide bonds. The topological polar surface area (TPSA) is 101 Å². The van der Waals surface area contributed by atoms with E-state index in [0.717, 1.165) is 19.3 Å². The summed E-state index contributed by atoms with van der Waals surface area (Å²) in [5.74, 6) is -0.0946. The number of hydrogen-bond donors (Lipinski definition) is 0. The van der Waals surface area contributed by atoms with Crippen molar-refractivity contribution in [2.45, 2.75) is 77.6 Å². The Kier molecular flexibility index (Phi) is 13.9. The summed E-state index contributed by atoms with van der Waals surface area (Å²) < 4.78 is 59.5. The van der Waals surface area contributed by atoms with E-state index in [0.29, 0.717) is 12.0 Å². The fourth-order valence-corrected chi connectivity index (χ4v) is 3.68. The Morgan fingerprint density at radius 2 is 1.30 bits per heavy atom. The molecule has 27 heavy (non-hydrogen) atoms. The van der Waals surface area contributed by atoms with Crippen molar-refractivity contribution in [1.29, 1.82) is 0 Å². The van der Waals surface area contributed by atoms with Crippen LogP contribution in [0.15, 0.2) is 24.3 Å². The summed E-state index contributed by atoms with van der Waals surface area (Å²) in [7, 11) is -10.8. The van der Waals surface area contributed by atoms with Crippen LogP contribution in [0.3, 0.4) is 0 Å². The Hall–Kier alpha value is -0.120. The monoisotopic (exact) mass is 428 g/mol. The maximum atomic E-state index is 11.4. The first-order chi connectivity index (χ1) is 12.3. The Labute approximate surface area is 185 Å². The van der Waals surface area contributed by atoms with Gasteiger partial charge in [-0.05, 0) is 24.5 Å². The summed E-state index contributed by atoms with van der Waals surface area (Å²) in [6, 6.07) is 6.28. The Morgan fingerprint density at radius 3 is 1.81 bits per heavy atom. The van der Waals surface area contributed by atoms with Crippen molar-refractivity contribution >= 4 is 18.3 Å². The molecule has 6 nitrogen and oxygen atoms in total. The second kappa shape index (κ2) is 14.0. The van der Waals surface area contributed by atoms with Crippen LogP contribution in [-0.4, -0.2) is 21.4 Å². The van der Waals surface area contributed by atoms with Gasteiger partial charge in [-0.2, -0.15) is 8.42 Å². The molecule has 0 N–H and O–H groups in total. The van der Waals surface area contributed by atoms with Crippen LogP contribution in [0.4, 0.5) is 0 Å². The number of rotatable bonds is 14. The van der Waals surface area contributed by atoms with Gasteiger partial charge in [0.2, 0.25) is 9.15 Å². The van der Waals surface area contributed by atoms with Gasteiger partial charge >= 0.3 is 38.7 Å². The van der Waals surface area contributed by atoms with E-state index < -0.39 is 18.3 Å². The number of aryl methyl sites for hydroxylation is 1. The first-order valence-electron chi connectivity index (χ1n) is 9.26. The third-order valence-corrected chi connectivity index (χ3v) is 6.80. The van der Waals surface area contributed by atoms with Crippen molar-refractivity contribution in [2.24, 2.45) is 0 Å². The van der Waals surface area contributed by atoms with Gasteiger partial charge in [-0.1, -0.05) is 82.9 Å². The summed E-state index contributed by atoms with van der Waals surface area (Å²) in [5.41, 5.74) is 0.583. The van der Waals surface area contributed by atoms with Gasteiger partial charge in [0.25, 0.3) is 0 Å². The standard InChI is InChI=1S/C18H30O6S2.Na/c1-2-3-4-5-6-7-8-9-10-11-14-17-15-12-13-16-18(17)24-26(22,23)25(19,20)21;/h12-13,15-16H,2-11,14H2,1H3,(H,19,20,21);/q;+1/p-1. The van der Waals surface area contributed by atoms with Crippen molar-refractivity contribution in [3.63, 3.8) is 0 Å². The van der Waals surface area contributed by atoms with Crippen molar-refractivity contribution in [3.8, 4) is 5.75 Å². The molecule has 0 unspecified atom stereocenters. The zero-order chi connectivity index (χ0) is 19.5. The molecule has 1 aromatic rings. The Morgan fingerprint density at radius 1 is 0.815 bits per heavy atom. The summed E-state index contributed by atoms with van der Waals surface area (Å²) in [6.45, 7) is 2.21. The number of unbranched alkanes of at least 4 members (excludes halogenated alkanes) is 9. The molecular formula is C18H29NaO6S2. The predicted molar refractivity (Wildman–Crippen MR) is 101 cm³/mol. The fourth-order valence-electron chi connectivity index (χ4n) is 2.75. The molecule has 1 aromatic carbocycles. The van der Waals surface area contributed by atoms with Gasteiger partial charge in [-0.3, -0.25) is 0 Å². The largest absolute Gasteiger partial charge is 1.00 e. The molecule has 0 aromatic heterocycles. The molecule has 0 aliphatic carbocycles. The summed E-state index contributed by atoms with van der Waals surface area (Å²) >= 11 is 0. The Balaban J connectivity index is 0.00000676. The molecule has 9 heteroatoms. The van der Waals surface area contributed by atoms with E-state index in [1.807, 2.05) is 0 Å². The van der Waals surface area contributed by atoms with Crippen LogP contribution < -0.4 is 33.7 Å². The van der Waals surface area contributed by atoms with Crippen molar-refractivity contribution in [1.82, 2.24) is 0 Å². The van der Waals surface area contributed by atoms with Crippen LogP contribution in [0.25, 0.3) is 0 Å². The molecule has 0 fully saturated rings. The molecule has 0 aliphatic heterocycles. The average Bonchev–Trinajstić information content (AvgIpc) is 2.56. The quantitative estimate of drug-likeness (QED) is 0.192. The number of para-hydroxylation sites is 1. The van der Waals surface area contributed by atoms with Gasteiger partial charge < -0.3 is 8.74 Å². The number of benzene rings is 1. The van der Waals surface area contributed by atoms with E-state index >= 15 is 0 Å². The van der Waals surface area contributed by atoms with E-state index in [-0.39, 0.29) is 35.3 Å². The molecule has 0 atom stereocenters. The van der Waals surface area contributed by atoms with Crippen LogP contribution in [0.2, 0.25) is 0 Å². The fraction of sp³-hybridized carbons (Fsp3) is 0.667. The molecule has 0 radical (unpaired) electrons. The smallest absolute Gasteiger partial charge is 0.733 e. The second-order valence-corrected chi connectivity index (χ2v) is 10.7. The van der Waals surface area contributed by atoms with Gasteiger partial charge in [-0.25, -0.2) is 8.42 Å². The minimum Gasteiger partial charge on any atom is -0.733 e. The normalized spacial score (nSPS) is 11.8. The van der Waals surface area contributed by atoms with Crippen LogP contribution in [0.1, 0.15) is 76.7 Å². The van der Waals surface area contributed by atoms with E-state index in [1.54, 1.807) is 12.1 Å². The van der Waals surface area contributed by atoms with E-state index in [2.05, 4.69) is 11.1 Å². The van der Waals surface area contributed by atoms with Gasteiger partial charge in [0, 0.05) is 0 Å². The maximum absolute atomic E-state index is 11.4. The van der Waals surface area contributed by atoms with Crippen molar-refractivity contribution in [2.75, 3.05) is 0 Å². The molecule has 0 aliphatic rings. The predicted octanol–water partition coefficient (Wildman–Crippen LogP) is 1.32. The summed E-state index contributed by atoms with van der Waals surface area (Å²) in [6.07, 6.45) is 12.4. The molecule has 0 spiro atoms. The zero-order valence-corrected chi connectivity index (χ0v) is 20.0. The van der Waals surface area contributed by atoms with Crippen molar-refractivity contribution in [3.05, 3.63) is 29.8 Å². The molecule has 1 rings (SSSR count). The summed E-state index contributed by atoms with van der Waals surface area (Å²) in [5, 5.41) is 0.